The third-order valence-electron chi connectivity index (χ3n) is 16.1. The smallest absolute Gasteiger partial charge is 0.308 e. The van der Waals surface area contributed by atoms with Crippen LogP contribution in [0.5, 0.6) is 0 Å². The molecule has 0 radical (unpaired) electrons. The number of ether oxygens (including phenoxy) is 8. The lowest BCUT2D eigenvalue weighted by Gasteiger charge is -2.39. The molecule has 0 saturated carbocycles. The van der Waals surface area contributed by atoms with Crippen LogP contribution in [0.25, 0.3) is 0 Å². The van der Waals surface area contributed by atoms with Crippen molar-refractivity contribution in [3.63, 3.8) is 0 Å². The van der Waals surface area contributed by atoms with Gasteiger partial charge in [0, 0.05) is 45.0 Å². The van der Waals surface area contributed by atoms with Crippen LogP contribution in [-0.2, 0) is 66.7 Å². The molecule has 6 aliphatic heterocycles. The van der Waals surface area contributed by atoms with Crippen molar-refractivity contribution >= 4 is 35.6 Å². The van der Waals surface area contributed by atoms with Gasteiger partial charge in [0.05, 0.1) is 80.7 Å². The summed E-state index contributed by atoms with van der Waals surface area (Å²) in [6, 6.07) is -0.410. The van der Waals surface area contributed by atoms with Crippen LogP contribution in [0, 0.1) is 11.8 Å². The lowest BCUT2D eigenvalue weighted by Crippen LogP contribution is -2.51. The SMILES string of the molecule is CCNC(=O)C[C@@H]1C[C@@]2(CO2)[C@H](O)[C@@H](/C=C/C(C)=C/C[C@@H]2O[C@H](C)[C@H](NC(=O)/C=C\[C@H](C)OC(=O)CCNC(=O)C[C@@H]3C[C@]4(O[C@@H]4C)[C@H](O)[C@@H](/C=C/C(C)=C/C[C@@H]4O[C@H](C)[C@H](NC(=O)/C=C\[C@H](C)OC(C)=O)C[C@@H]4C)O3)C[C@@H]2C)O1. The quantitative estimate of drug-likeness (QED) is 0.0330. The van der Waals surface area contributed by atoms with Crippen molar-refractivity contribution < 1.29 is 76.9 Å². The number of hydrogen-bond acceptors (Lipinski definition) is 16. The highest BCUT2D eigenvalue weighted by molar-refractivity contribution is 5.88. The van der Waals surface area contributed by atoms with Gasteiger partial charge < -0.3 is 69.4 Å². The van der Waals surface area contributed by atoms with E-state index in [0.717, 1.165) is 17.6 Å². The van der Waals surface area contributed by atoms with E-state index in [9.17, 15) is 39.0 Å². The van der Waals surface area contributed by atoms with Gasteiger partial charge in [-0.2, -0.15) is 0 Å². The van der Waals surface area contributed by atoms with E-state index in [-0.39, 0.29) is 110 Å². The number of rotatable bonds is 24. The molecule has 20 nitrogen and oxygen atoms in total. The molecule has 2 spiro atoms. The van der Waals surface area contributed by atoms with Crippen LogP contribution in [0.1, 0.15) is 134 Å². The number of carbonyl (C=O) groups excluding carboxylic acids is 6. The number of nitrogens with one attached hydrogen (secondary N) is 4. The van der Waals surface area contributed by atoms with E-state index in [2.05, 4.69) is 47.3 Å². The Balaban J connectivity index is 0.868. The summed E-state index contributed by atoms with van der Waals surface area (Å²) in [5, 5.41) is 33.9. The second-order valence-corrected chi connectivity index (χ2v) is 23.0. The van der Waals surface area contributed by atoms with Crippen molar-refractivity contribution in [1.29, 1.82) is 0 Å². The van der Waals surface area contributed by atoms with Crippen LogP contribution >= 0.6 is 0 Å². The molecule has 6 fully saturated rings. The van der Waals surface area contributed by atoms with Gasteiger partial charge in [-0.15, -0.1) is 0 Å². The molecular weight excluding hydrogens is 1030 g/mol. The van der Waals surface area contributed by atoms with E-state index in [1.807, 2.05) is 59.8 Å². The molecule has 0 aromatic rings. The molecule has 4 amide bonds. The molecule has 80 heavy (non-hydrogen) atoms. The summed E-state index contributed by atoms with van der Waals surface area (Å²) in [5.74, 6) is -1.71. The minimum Gasteiger partial charge on any atom is -0.459 e. The summed E-state index contributed by atoms with van der Waals surface area (Å²) < 4.78 is 47.2. The van der Waals surface area contributed by atoms with Gasteiger partial charge >= 0.3 is 11.9 Å². The Labute approximate surface area is 472 Å². The Morgan fingerprint density at radius 2 is 1.14 bits per heavy atom. The van der Waals surface area contributed by atoms with E-state index in [1.165, 1.54) is 31.2 Å². The first kappa shape index (κ1) is 64.1. The van der Waals surface area contributed by atoms with Gasteiger partial charge in [-0.3, -0.25) is 28.8 Å². The molecule has 6 saturated heterocycles. The van der Waals surface area contributed by atoms with Crippen molar-refractivity contribution in [2.75, 3.05) is 19.7 Å². The van der Waals surface area contributed by atoms with Crippen LogP contribution in [0.4, 0.5) is 0 Å². The molecule has 6 N–H and O–H groups in total. The fraction of sp³-hybridized carbons (Fsp3) is 0.700. The van der Waals surface area contributed by atoms with Crippen molar-refractivity contribution in [3.05, 3.63) is 71.9 Å². The summed E-state index contributed by atoms with van der Waals surface area (Å²) in [5.41, 5.74) is 0.411. The van der Waals surface area contributed by atoms with E-state index < -0.39 is 65.9 Å². The van der Waals surface area contributed by atoms with E-state index >= 15 is 0 Å². The van der Waals surface area contributed by atoms with Crippen LogP contribution < -0.4 is 21.3 Å². The molecule has 6 heterocycles. The third-order valence-corrected chi connectivity index (χ3v) is 16.1. The first-order chi connectivity index (χ1) is 37.9. The second-order valence-electron chi connectivity index (χ2n) is 23.0. The highest BCUT2D eigenvalue weighted by atomic mass is 16.6. The standard InChI is InChI=1S/C60H90N4O16/c1-12-61-54(68)29-44-31-59(33-73-59)57(71)50(78-44)21-15-34(2)13-19-48-37(5)28-47(41(9)77-48)64-53(67)24-18-39(7)75-56(70)25-26-62-55(69)30-45-32-60(42(10)80-60)58(72)51(79-45)22-16-35(3)14-20-49-36(4)27-46(40(8)76-49)63-52(66)23-17-38(6)74-43(11)65/h13-18,21-24,36-42,44-51,57-58,71-72H,12,19-20,25-33H2,1-11H3,(H,61,68)(H,62,69)(H,63,66)(H,64,67)/b21-15+,22-16+,23-17-,24-18-,34-13+,35-14+/t36-,37-,38-,39-,40+,41+,42+,44+,45+,46+,47+,48-,49-,50+,51+,57+,58+,59+,60+/m0/s1. The average molecular weight is 1120 g/mol. The van der Waals surface area contributed by atoms with Crippen molar-refractivity contribution in [3.8, 4) is 0 Å². The van der Waals surface area contributed by atoms with Crippen LogP contribution in [0.2, 0.25) is 0 Å². The molecule has 0 bridgehead atoms. The minimum absolute atomic E-state index is 0.00368. The number of allylic oxidation sites excluding steroid dienone is 4. The third kappa shape index (κ3) is 18.7. The Morgan fingerprint density at radius 3 is 1.61 bits per heavy atom. The van der Waals surface area contributed by atoms with Crippen molar-refractivity contribution in [1.82, 2.24) is 21.3 Å². The lowest BCUT2D eigenvalue weighted by molar-refractivity contribution is -0.147. The number of amides is 4. The number of aliphatic hydroxyl groups excluding tert-OH is 2. The van der Waals surface area contributed by atoms with Crippen LogP contribution in [0.15, 0.2) is 71.9 Å². The highest BCUT2D eigenvalue weighted by Gasteiger charge is 2.64. The van der Waals surface area contributed by atoms with Crippen molar-refractivity contribution in [2.24, 2.45) is 11.8 Å². The molecule has 20 heteroatoms. The van der Waals surface area contributed by atoms with Gasteiger partial charge in [0.1, 0.15) is 47.8 Å². The van der Waals surface area contributed by atoms with Crippen molar-refractivity contribution in [2.45, 2.75) is 237 Å². The molecule has 0 aromatic carbocycles. The zero-order chi connectivity index (χ0) is 58.5. The number of aliphatic hydroxyl groups is 2. The number of epoxide rings is 2. The summed E-state index contributed by atoms with van der Waals surface area (Å²) in [7, 11) is 0. The largest absolute Gasteiger partial charge is 0.459 e. The van der Waals surface area contributed by atoms with E-state index in [1.54, 1.807) is 19.9 Å². The lowest BCUT2D eigenvalue weighted by atomic mass is 9.84. The van der Waals surface area contributed by atoms with E-state index in [0.29, 0.717) is 45.3 Å². The monoisotopic (exact) mass is 1120 g/mol. The zero-order valence-corrected chi connectivity index (χ0v) is 48.7. The molecule has 6 aliphatic rings. The fourth-order valence-corrected chi connectivity index (χ4v) is 11.2. The Hall–Kier alpha value is -5.06. The molecule has 446 valence electrons. The maximum atomic E-state index is 13.1. The number of esters is 2. The van der Waals surface area contributed by atoms with Gasteiger partial charge in [-0.25, -0.2) is 0 Å². The zero-order valence-electron chi connectivity index (χ0n) is 48.7. The molecule has 0 aliphatic carbocycles. The summed E-state index contributed by atoms with van der Waals surface area (Å²) in [6.07, 6.45) is 14.9. The summed E-state index contributed by atoms with van der Waals surface area (Å²) in [6.45, 7) is 21.4. The maximum Gasteiger partial charge on any atom is 0.308 e. The Morgan fingerprint density at radius 1 is 0.662 bits per heavy atom. The first-order valence-electron chi connectivity index (χ1n) is 28.8. The predicted molar refractivity (Wildman–Crippen MR) is 296 cm³/mol. The maximum absolute atomic E-state index is 13.1. The predicted octanol–water partition coefficient (Wildman–Crippen LogP) is 4.75. The van der Waals surface area contributed by atoms with E-state index in [4.69, 9.17) is 37.9 Å². The Kier molecular flexibility index (Phi) is 23.5. The van der Waals surface area contributed by atoms with Gasteiger partial charge in [0.15, 0.2) is 0 Å². The molecule has 6 rings (SSSR count). The van der Waals surface area contributed by atoms with Crippen LogP contribution in [0.3, 0.4) is 0 Å². The number of carbonyl (C=O) groups is 6. The highest BCUT2D eigenvalue weighted by Crippen LogP contribution is 2.49. The van der Waals surface area contributed by atoms with Gasteiger partial charge in [-0.1, -0.05) is 61.4 Å². The van der Waals surface area contributed by atoms with Gasteiger partial charge in [0.2, 0.25) is 23.6 Å². The molecule has 0 aromatic heterocycles. The molecule has 0 unspecified atom stereocenters. The molecular formula is C60H90N4O16. The molecule has 19 atom stereocenters. The van der Waals surface area contributed by atoms with Gasteiger partial charge in [0.25, 0.3) is 0 Å². The second kappa shape index (κ2) is 29.3. The Bertz CT molecular complexity index is 2350. The normalized spacial score (nSPS) is 36.2. The first-order valence-corrected chi connectivity index (χ1v) is 28.8. The summed E-state index contributed by atoms with van der Waals surface area (Å²) >= 11 is 0. The summed E-state index contributed by atoms with van der Waals surface area (Å²) in [4.78, 5) is 74.8. The van der Waals surface area contributed by atoms with Gasteiger partial charge in [-0.05, 0) is 105 Å². The number of hydrogen-bond donors (Lipinski definition) is 6. The average Bonchev–Trinajstić information content (AvgIpc) is 4.39. The fourth-order valence-electron chi connectivity index (χ4n) is 11.2. The van der Waals surface area contributed by atoms with Crippen LogP contribution in [-0.4, -0.2) is 168 Å². The topological polar surface area (TPSA) is 271 Å². The minimum atomic E-state index is -0.942.